The van der Waals surface area contributed by atoms with Crippen LogP contribution in [0.2, 0.25) is 0 Å². The van der Waals surface area contributed by atoms with E-state index in [1.165, 1.54) is 51.7 Å². The minimum Gasteiger partial charge on any atom is -0.377 e. The van der Waals surface area contributed by atoms with Gasteiger partial charge in [0.15, 0.2) is 0 Å². The highest BCUT2D eigenvalue weighted by molar-refractivity contribution is 4.81. The predicted molar refractivity (Wildman–Crippen MR) is 76.8 cm³/mol. The fourth-order valence-corrected chi connectivity index (χ4v) is 3.74. The minimum atomic E-state index is 0.516. The normalized spacial score (nSPS) is 34.3. The summed E-state index contributed by atoms with van der Waals surface area (Å²) in [7, 11) is 0. The second-order valence-electron chi connectivity index (χ2n) is 6.65. The molecule has 1 aliphatic heterocycles. The molecule has 0 N–H and O–H groups in total. The summed E-state index contributed by atoms with van der Waals surface area (Å²) in [5.41, 5.74) is 0. The van der Waals surface area contributed by atoms with Gasteiger partial charge in [-0.25, -0.2) is 0 Å². The number of hydrogen-bond donors (Lipinski definition) is 0. The van der Waals surface area contributed by atoms with E-state index < -0.39 is 0 Å². The third-order valence-corrected chi connectivity index (χ3v) is 4.98. The van der Waals surface area contributed by atoms with Crippen LogP contribution in [-0.2, 0) is 4.74 Å². The van der Waals surface area contributed by atoms with Crippen molar-refractivity contribution >= 4 is 0 Å². The van der Waals surface area contributed by atoms with Crippen LogP contribution in [0.3, 0.4) is 0 Å². The van der Waals surface area contributed by atoms with Gasteiger partial charge in [-0.2, -0.15) is 0 Å². The van der Waals surface area contributed by atoms with Gasteiger partial charge in [0.1, 0.15) is 0 Å². The van der Waals surface area contributed by atoms with Crippen LogP contribution in [0.5, 0.6) is 0 Å². The first-order valence-corrected chi connectivity index (χ1v) is 8.03. The van der Waals surface area contributed by atoms with Crippen molar-refractivity contribution in [1.82, 2.24) is 4.90 Å². The van der Waals surface area contributed by atoms with E-state index in [9.17, 15) is 0 Å². The summed E-state index contributed by atoms with van der Waals surface area (Å²) in [6, 6.07) is 0. The smallest absolute Gasteiger partial charge is 0.0714 e. The van der Waals surface area contributed by atoms with Crippen LogP contribution in [0.4, 0.5) is 0 Å². The van der Waals surface area contributed by atoms with Gasteiger partial charge in [-0.05, 0) is 56.8 Å². The van der Waals surface area contributed by atoms with Gasteiger partial charge >= 0.3 is 0 Å². The summed E-state index contributed by atoms with van der Waals surface area (Å²) in [4.78, 5) is 2.64. The number of rotatable bonds is 5. The molecule has 106 valence electrons. The van der Waals surface area contributed by atoms with E-state index >= 15 is 0 Å². The van der Waals surface area contributed by atoms with Crippen LogP contribution in [0.1, 0.15) is 52.9 Å². The fourth-order valence-electron chi connectivity index (χ4n) is 3.74. The van der Waals surface area contributed by atoms with E-state index in [0.29, 0.717) is 6.10 Å². The van der Waals surface area contributed by atoms with E-state index in [4.69, 9.17) is 4.74 Å². The summed E-state index contributed by atoms with van der Waals surface area (Å²) in [6.07, 6.45) is 7.60. The van der Waals surface area contributed by atoms with E-state index in [0.717, 1.165) is 24.4 Å². The number of hydrogen-bond acceptors (Lipinski definition) is 2. The van der Waals surface area contributed by atoms with E-state index in [1.54, 1.807) is 0 Å². The molecule has 0 bridgehead atoms. The lowest BCUT2D eigenvalue weighted by atomic mass is 9.77. The average Bonchev–Trinajstić information content (AvgIpc) is 2.78. The Labute approximate surface area is 113 Å². The maximum absolute atomic E-state index is 5.73. The first kappa shape index (κ1) is 14.3. The summed E-state index contributed by atoms with van der Waals surface area (Å²) in [5.74, 6) is 2.84. The van der Waals surface area contributed by atoms with Gasteiger partial charge in [-0.15, -0.1) is 0 Å². The van der Waals surface area contributed by atoms with Crippen LogP contribution in [0, 0.1) is 17.8 Å². The zero-order chi connectivity index (χ0) is 13.0. The van der Waals surface area contributed by atoms with Crippen molar-refractivity contribution in [2.45, 2.75) is 59.0 Å². The molecule has 2 heteroatoms. The lowest BCUT2D eigenvalue weighted by Gasteiger charge is -2.33. The molecule has 0 aromatic rings. The van der Waals surface area contributed by atoms with Gasteiger partial charge in [0, 0.05) is 26.2 Å². The highest BCUT2D eigenvalue weighted by Gasteiger charge is 2.28. The average molecular weight is 253 g/mol. The molecule has 1 atom stereocenters. The highest BCUT2D eigenvalue weighted by atomic mass is 16.5. The van der Waals surface area contributed by atoms with E-state index in [2.05, 4.69) is 25.7 Å². The Morgan fingerprint density at radius 2 is 1.83 bits per heavy atom. The maximum Gasteiger partial charge on any atom is 0.0714 e. The number of likely N-dealkylation sites (tertiary alicyclic amines) is 1. The van der Waals surface area contributed by atoms with Crippen LogP contribution in [0.25, 0.3) is 0 Å². The molecule has 0 unspecified atom stereocenters. The van der Waals surface area contributed by atoms with Gasteiger partial charge in [0.2, 0.25) is 0 Å². The monoisotopic (exact) mass is 253 g/mol. The molecule has 0 aromatic carbocycles. The zero-order valence-electron chi connectivity index (χ0n) is 12.5. The summed E-state index contributed by atoms with van der Waals surface area (Å²) < 4.78 is 5.73. The van der Waals surface area contributed by atoms with Crippen LogP contribution in [0.15, 0.2) is 0 Å². The first-order chi connectivity index (χ1) is 8.69. The van der Waals surface area contributed by atoms with Crippen molar-refractivity contribution in [2.24, 2.45) is 17.8 Å². The molecular weight excluding hydrogens is 222 g/mol. The molecule has 0 aromatic heterocycles. The van der Waals surface area contributed by atoms with Gasteiger partial charge in [-0.3, -0.25) is 0 Å². The van der Waals surface area contributed by atoms with Crippen molar-refractivity contribution in [3.63, 3.8) is 0 Å². The van der Waals surface area contributed by atoms with Crippen molar-refractivity contribution in [3.05, 3.63) is 0 Å². The minimum absolute atomic E-state index is 0.516. The van der Waals surface area contributed by atoms with E-state index in [1.807, 2.05) is 0 Å². The molecular formula is C16H31NO. The maximum atomic E-state index is 5.73. The van der Waals surface area contributed by atoms with Crippen molar-refractivity contribution < 1.29 is 4.74 Å². The van der Waals surface area contributed by atoms with Crippen LogP contribution in [-0.4, -0.2) is 37.2 Å². The molecule has 0 amide bonds. The number of nitrogens with zero attached hydrogens (tertiary/aromatic N) is 1. The molecule has 2 aliphatic rings. The lowest BCUT2D eigenvalue weighted by Crippen LogP contribution is -2.31. The molecule has 2 nitrogen and oxygen atoms in total. The molecule has 1 aliphatic carbocycles. The summed E-state index contributed by atoms with van der Waals surface area (Å²) in [6.45, 7) is 11.5. The van der Waals surface area contributed by atoms with Gasteiger partial charge in [0.05, 0.1) is 6.10 Å². The Hall–Kier alpha value is -0.0800. The fraction of sp³-hybridized carbons (Fsp3) is 1.00. The third kappa shape index (κ3) is 3.96. The Bertz CT molecular complexity index is 233. The molecule has 0 spiro atoms. The first-order valence-electron chi connectivity index (χ1n) is 8.03. The molecule has 1 saturated heterocycles. The van der Waals surface area contributed by atoms with Gasteiger partial charge in [0.25, 0.3) is 0 Å². The zero-order valence-corrected chi connectivity index (χ0v) is 12.5. The topological polar surface area (TPSA) is 12.5 Å². The van der Waals surface area contributed by atoms with Crippen LogP contribution >= 0.6 is 0 Å². The van der Waals surface area contributed by atoms with Crippen molar-refractivity contribution in [1.29, 1.82) is 0 Å². The lowest BCUT2D eigenvalue weighted by molar-refractivity contribution is 0.0659. The summed E-state index contributed by atoms with van der Waals surface area (Å²) >= 11 is 0. The SMILES string of the molecule is CCO[C@@H]1CCN(CC2CCC(C(C)C)CC2)C1. The largest absolute Gasteiger partial charge is 0.377 e. The Morgan fingerprint density at radius 3 is 2.44 bits per heavy atom. The standard InChI is InChI=1S/C16H31NO/c1-4-18-16-9-10-17(12-16)11-14-5-7-15(8-6-14)13(2)3/h13-16H,4-12H2,1-3H3/t14?,15?,16-/m1/s1. The van der Waals surface area contributed by atoms with Gasteiger partial charge in [-0.1, -0.05) is 13.8 Å². The van der Waals surface area contributed by atoms with Gasteiger partial charge < -0.3 is 9.64 Å². The third-order valence-electron chi connectivity index (χ3n) is 4.98. The second-order valence-corrected chi connectivity index (χ2v) is 6.65. The highest BCUT2D eigenvalue weighted by Crippen LogP contribution is 2.34. The molecule has 2 fully saturated rings. The molecule has 1 saturated carbocycles. The molecule has 2 rings (SSSR count). The summed E-state index contributed by atoms with van der Waals surface area (Å²) in [5, 5.41) is 0. The second kappa shape index (κ2) is 6.91. The molecule has 1 heterocycles. The van der Waals surface area contributed by atoms with E-state index in [-0.39, 0.29) is 0 Å². The van der Waals surface area contributed by atoms with Crippen molar-refractivity contribution in [3.8, 4) is 0 Å². The Morgan fingerprint density at radius 1 is 1.11 bits per heavy atom. The number of ether oxygens (including phenoxy) is 1. The molecule has 18 heavy (non-hydrogen) atoms. The molecule has 0 radical (unpaired) electrons. The predicted octanol–water partition coefficient (Wildman–Crippen LogP) is 3.56. The Balaban J connectivity index is 1.66. The Kier molecular flexibility index (Phi) is 5.50. The van der Waals surface area contributed by atoms with Crippen LogP contribution < -0.4 is 0 Å². The van der Waals surface area contributed by atoms with Crippen molar-refractivity contribution in [2.75, 3.05) is 26.2 Å². The quantitative estimate of drug-likeness (QED) is 0.743.